The Morgan fingerprint density at radius 3 is 2.84 bits per heavy atom. The Labute approximate surface area is 113 Å². The summed E-state index contributed by atoms with van der Waals surface area (Å²) in [6, 6.07) is 5.27. The third-order valence-electron chi connectivity index (χ3n) is 4.94. The highest BCUT2D eigenvalue weighted by molar-refractivity contribution is 5.59. The number of nitrogens with one attached hydrogen (secondary N) is 1. The van der Waals surface area contributed by atoms with Crippen molar-refractivity contribution in [3.8, 4) is 0 Å². The Kier molecular flexibility index (Phi) is 3.17. The van der Waals surface area contributed by atoms with Crippen molar-refractivity contribution >= 4 is 11.4 Å². The molecule has 0 saturated heterocycles. The molecule has 1 aromatic rings. The van der Waals surface area contributed by atoms with Gasteiger partial charge in [-0.1, -0.05) is 12.5 Å². The first-order valence-corrected chi connectivity index (χ1v) is 7.13. The van der Waals surface area contributed by atoms with Gasteiger partial charge in [0, 0.05) is 23.9 Å². The first kappa shape index (κ1) is 12.5. The molecule has 2 fully saturated rings. The molecule has 2 saturated carbocycles. The number of rotatable bonds is 4. The van der Waals surface area contributed by atoms with Crippen LogP contribution < -0.4 is 5.32 Å². The SMILES string of the molecule is Cc1c(NCC2CC3CCC2C3)cccc1[N+](=O)[O-]. The van der Waals surface area contributed by atoms with Gasteiger partial charge in [-0.05, 0) is 50.0 Å². The molecule has 3 unspecified atom stereocenters. The van der Waals surface area contributed by atoms with Crippen molar-refractivity contribution in [3.63, 3.8) is 0 Å². The molecule has 1 N–H and O–H groups in total. The van der Waals surface area contributed by atoms with E-state index in [1.54, 1.807) is 12.1 Å². The van der Waals surface area contributed by atoms with Gasteiger partial charge in [0.25, 0.3) is 5.69 Å². The maximum atomic E-state index is 10.9. The Balaban J connectivity index is 1.67. The molecular weight excluding hydrogens is 240 g/mol. The number of hydrogen-bond acceptors (Lipinski definition) is 3. The van der Waals surface area contributed by atoms with Gasteiger partial charge in [-0.25, -0.2) is 0 Å². The minimum atomic E-state index is -0.307. The van der Waals surface area contributed by atoms with E-state index in [4.69, 9.17) is 0 Å². The molecule has 2 aliphatic carbocycles. The first-order chi connectivity index (χ1) is 9.15. The molecule has 0 spiro atoms. The fourth-order valence-electron chi connectivity index (χ4n) is 3.88. The van der Waals surface area contributed by atoms with Crippen molar-refractivity contribution in [3.05, 3.63) is 33.9 Å². The summed E-state index contributed by atoms with van der Waals surface area (Å²) in [5.41, 5.74) is 1.87. The van der Waals surface area contributed by atoms with Gasteiger partial charge in [0.05, 0.1) is 4.92 Å². The number of anilines is 1. The number of fused-ring (bicyclic) bond motifs is 2. The fourth-order valence-corrected chi connectivity index (χ4v) is 3.88. The van der Waals surface area contributed by atoms with Crippen LogP contribution in [0.1, 0.15) is 31.2 Å². The van der Waals surface area contributed by atoms with Gasteiger partial charge < -0.3 is 5.32 Å². The highest BCUT2D eigenvalue weighted by Gasteiger charge is 2.39. The van der Waals surface area contributed by atoms with E-state index in [0.29, 0.717) is 0 Å². The van der Waals surface area contributed by atoms with Crippen molar-refractivity contribution in [2.75, 3.05) is 11.9 Å². The average Bonchev–Trinajstić information content (AvgIpc) is 2.99. The maximum Gasteiger partial charge on any atom is 0.274 e. The second-order valence-corrected chi connectivity index (χ2v) is 6.02. The zero-order valence-electron chi connectivity index (χ0n) is 11.3. The van der Waals surface area contributed by atoms with Crippen molar-refractivity contribution < 1.29 is 4.92 Å². The lowest BCUT2D eigenvalue weighted by Gasteiger charge is -2.22. The highest BCUT2D eigenvalue weighted by atomic mass is 16.6. The van der Waals surface area contributed by atoms with Crippen LogP contribution >= 0.6 is 0 Å². The van der Waals surface area contributed by atoms with Crippen LogP contribution in [0.25, 0.3) is 0 Å². The van der Waals surface area contributed by atoms with Crippen LogP contribution in [-0.4, -0.2) is 11.5 Å². The van der Waals surface area contributed by atoms with E-state index >= 15 is 0 Å². The van der Waals surface area contributed by atoms with Crippen molar-refractivity contribution in [1.82, 2.24) is 0 Å². The number of benzene rings is 1. The lowest BCUT2D eigenvalue weighted by atomic mass is 9.89. The number of nitrogens with zero attached hydrogens (tertiary/aromatic N) is 1. The van der Waals surface area contributed by atoms with Crippen LogP contribution in [0.5, 0.6) is 0 Å². The zero-order valence-corrected chi connectivity index (χ0v) is 11.3. The Morgan fingerprint density at radius 1 is 1.37 bits per heavy atom. The van der Waals surface area contributed by atoms with E-state index in [1.165, 1.54) is 25.7 Å². The van der Waals surface area contributed by atoms with Gasteiger partial charge in [0.15, 0.2) is 0 Å². The molecule has 0 aromatic heterocycles. The van der Waals surface area contributed by atoms with Crippen LogP contribution in [0, 0.1) is 34.8 Å². The van der Waals surface area contributed by atoms with Gasteiger partial charge >= 0.3 is 0 Å². The number of nitro benzene ring substituents is 1. The van der Waals surface area contributed by atoms with Crippen LogP contribution in [0.2, 0.25) is 0 Å². The van der Waals surface area contributed by atoms with Crippen LogP contribution in [-0.2, 0) is 0 Å². The lowest BCUT2D eigenvalue weighted by Crippen LogP contribution is -2.20. The number of hydrogen-bond donors (Lipinski definition) is 1. The molecule has 1 aromatic carbocycles. The summed E-state index contributed by atoms with van der Waals surface area (Å²) in [6.45, 7) is 2.78. The molecule has 19 heavy (non-hydrogen) atoms. The standard InChI is InChI=1S/C15H20N2O2/c1-10-14(3-2-4-15(10)17(18)19)16-9-13-8-11-5-6-12(13)7-11/h2-4,11-13,16H,5-9H2,1H3. The Morgan fingerprint density at radius 2 is 2.21 bits per heavy atom. The first-order valence-electron chi connectivity index (χ1n) is 7.13. The largest absolute Gasteiger partial charge is 0.384 e. The summed E-state index contributed by atoms with van der Waals surface area (Å²) in [7, 11) is 0. The fraction of sp³-hybridized carbons (Fsp3) is 0.600. The van der Waals surface area contributed by atoms with Gasteiger partial charge in [0.1, 0.15) is 0 Å². The van der Waals surface area contributed by atoms with E-state index in [-0.39, 0.29) is 10.6 Å². The van der Waals surface area contributed by atoms with E-state index in [0.717, 1.165) is 35.5 Å². The van der Waals surface area contributed by atoms with E-state index < -0.39 is 0 Å². The molecular formula is C15H20N2O2. The molecule has 102 valence electrons. The van der Waals surface area contributed by atoms with Crippen LogP contribution in [0.4, 0.5) is 11.4 Å². The highest BCUT2D eigenvalue weighted by Crippen LogP contribution is 2.48. The molecule has 3 atom stereocenters. The second kappa shape index (κ2) is 4.83. The molecule has 0 amide bonds. The summed E-state index contributed by atoms with van der Waals surface area (Å²) in [4.78, 5) is 10.6. The molecule has 0 heterocycles. The zero-order chi connectivity index (χ0) is 13.4. The molecule has 0 aliphatic heterocycles. The van der Waals surface area contributed by atoms with E-state index in [2.05, 4.69) is 5.32 Å². The van der Waals surface area contributed by atoms with Gasteiger partial charge in [-0.3, -0.25) is 10.1 Å². The average molecular weight is 260 g/mol. The minimum Gasteiger partial charge on any atom is -0.384 e. The lowest BCUT2D eigenvalue weighted by molar-refractivity contribution is -0.385. The molecule has 2 bridgehead atoms. The summed E-state index contributed by atoms with van der Waals surface area (Å²) in [5.74, 6) is 2.59. The van der Waals surface area contributed by atoms with Crippen molar-refractivity contribution in [2.24, 2.45) is 17.8 Å². The van der Waals surface area contributed by atoms with Crippen LogP contribution in [0.3, 0.4) is 0 Å². The Hall–Kier alpha value is -1.58. The van der Waals surface area contributed by atoms with E-state index in [9.17, 15) is 10.1 Å². The Bertz CT molecular complexity index is 501. The van der Waals surface area contributed by atoms with Crippen molar-refractivity contribution in [1.29, 1.82) is 0 Å². The van der Waals surface area contributed by atoms with Crippen LogP contribution in [0.15, 0.2) is 18.2 Å². The monoisotopic (exact) mass is 260 g/mol. The minimum absolute atomic E-state index is 0.206. The second-order valence-electron chi connectivity index (χ2n) is 6.02. The van der Waals surface area contributed by atoms with Gasteiger partial charge in [-0.2, -0.15) is 0 Å². The normalized spacial score (nSPS) is 28.6. The summed E-state index contributed by atoms with van der Waals surface area (Å²) < 4.78 is 0. The van der Waals surface area contributed by atoms with E-state index in [1.807, 2.05) is 13.0 Å². The predicted octanol–water partition coefficient (Wildman–Crippen LogP) is 3.75. The topological polar surface area (TPSA) is 55.2 Å². The molecule has 0 radical (unpaired) electrons. The summed E-state index contributed by atoms with van der Waals surface area (Å²) in [6.07, 6.45) is 5.54. The third kappa shape index (κ3) is 2.31. The third-order valence-corrected chi connectivity index (χ3v) is 4.94. The molecule has 2 aliphatic rings. The quantitative estimate of drug-likeness (QED) is 0.662. The number of nitro groups is 1. The summed E-state index contributed by atoms with van der Waals surface area (Å²) >= 11 is 0. The molecule has 4 heteroatoms. The smallest absolute Gasteiger partial charge is 0.274 e. The van der Waals surface area contributed by atoms with Gasteiger partial charge in [0.2, 0.25) is 0 Å². The van der Waals surface area contributed by atoms with Gasteiger partial charge in [-0.15, -0.1) is 0 Å². The molecule has 4 nitrogen and oxygen atoms in total. The molecule has 3 rings (SSSR count). The van der Waals surface area contributed by atoms with Crippen molar-refractivity contribution in [2.45, 2.75) is 32.6 Å². The maximum absolute atomic E-state index is 10.9. The predicted molar refractivity (Wildman–Crippen MR) is 75.3 cm³/mol. The summed E-state index contributed by atoms with van der Waals surface area (Å²) in [5, 5.41) is 14.3.